The minimum absolute atomic E-state index is 0.0818. The molecule has 2 fully saturated rings. The van der Waals surface area contributed by atoms with Gasteiger partial charge in [-0.15, -0.1) is 6.58 Å². The van der Waals surface area contributed by atoms with Crippen LogP contribution in [0.3, 0.4) is 0 Å². The number of ether oxygens (including phenoxy) is 2. The van der Waals surface area contributed by atoms with Crippen LogP contribution >= 0.6 is 0 Å². The molecule has 1 heterocycles. The maximum atomic E-state index is 12.1. The Labute approximate surface area is 146 Å². The highest BCUT2D eigenvalue weighted by Gasteiger charge is 2.63. The zero-order chi connectivity index (χ0) is 19.1. The third kappa shape index (κ3) is 2.76. The number of aliphatic hydroxyl groups excluding tert-OH is 1. The number of aliphatic hydroxyl groups is 1. The lowest BCUT2D eigenvalue weighted by atomic mass is 9.57. The van der Waals surface area contributed by atoms with E-state index in [1.807, 2.05) is 0 Å². The van der Waals surface area contributed by atoms with Gasteiger partial charge in [-0.3, -0.25) is 4.79 Å². The second-order valence-electron chi connectivity index (χ2n) is 6.76. The molecule has 1 aliphatic heterocycles. The Morgan fingerprint density at radius 1 is 1.40 bits per heavy atom. The Morgan fingerprint density at radius 2 is 2.00 bits per heavy atom. The highest BCUT2D eigenvalue weighted by atomic mass is 16.6. The molecular weight excluding hydrogens is 324 g/mol. The summed E-state index contributed by atoms with van der Waals surface area (Å²) in [5, 5.41) is 10.8. The van der Waals surface area contributed by atoms with E-state index >= 15 is 0 Å². The third-order valence-electron chi connectivity index (χ3n) is 5.14. The number of carbonyl (C=O) groups excluding carboxylic acids is 3. The third-order valence-corrected chi connectivity index (χ3v) is 5.14. The van der Waals surface area contributed by atoms with E-state index in [-0.39, 0.29) is 16.7 Å². The summed E-state index contributed by atoms with van der Waals surface area (Å²) in [5.74, 6) is -2.94. The molecule has 1 N–H and O–H groups in total. The van der Waals surface area contributed by atoms with Gasteiger partial charge in [-0.25, -0.2) is 9.59 Å². The van der Waals surface area contributed by atoms with E-state index in [1.165, 1.54) is 13.0 Å². The molecule has 0 bridgehead atoms. The molecule has 0 unspecified atom stereocenters. The molecule has 1 saturated heterocycles. The Morgan fingerprint density at radius 3 is 2.48 bits per heavy atom. The fraction of sp³-hybridized carbons (Fsp3) is 0.421. The van der Waals surface area contributed by atoms with E-state index in [0.717, 1.165) is 0 Å². The van der Waals surface area contributed by atoms with Gasteiger partial charge in [0.05, 0.1) is 5.92 Å². The molecule has 0 aromatic carbocycles. The molecule has 1 aliphatic carbocycles. The number of hydrogen-bond donors (Lipinski definition) is 1. The molecule has 0 radical (unpaired) electrons. The number of rotatable bonds is 5. The fourth-order valence-electron chi connectivity index (χ4n) is 3.65. The van der Waals surface area contributed by atoms with Crippen LogP contribution in [0.15, 0.2) is 49.1 Å². The minimum Gasteiger partial charge on any atom is -0.458 e. The molecule has 0 aromatic heterocycles. The summed E-state index contributed by atoms with van der Waals surface area (Å²) >= 11 is 0. The van der Waals surface area contributed by atoms with Gasteiger partial charge in [0.15, 0.2) is 0 Å². The first kappa shape index (κ1) is 18.9. The van der Waals surface area contributed by atoms with Gasteiger partial charge in [0.2, 0.25) is 0 Å². The summed E-state index contributed by atoms with van der Waals surface area (Å²) in [5.41, 5.74) is -0.747. The summed E-state index contributed by atoms with van der Waals surface area (Å²) in [6, 6.07) is 0. The Hall–Kier alpha value is -2.47. The van der Waals surface area contributed by atoms with Crippen LogP contribution in [0.1, 0.15) is 13.8 Å². The Bertz CT molecular complexity index is 690. The lowest BCUT2D eigenvalue weighted by Gasteiger charge is -2.51. The van der Waals surface area contributed by atoms with Crippen molar-refractivity contribution in [1.29, 1.82) is 0 Å². The van der Waals surface area contributed by atoms with Crippen LogP contribution in [0.2, 0.25) is 0 Å². The van der Waals surface area contributed by atoms with Gasteiger partial charge in [-0.2, -0.15) is 0 Å². The molecule has 25 heavy (non-hydrogen) atoms. The number of fused-ring (bicyclic) bond motifs is 1. The van der Waals surface area contributed by atoms with Crippen molar-refractivity contribution in [2.45, 2.75) is 32.2 Å². The average molecular weight is 346 g/mol. The summed E-state index contributed by atoms with van der Waals surface area (Å²) in [6.07, 6.45) is -1.09. The van der Waals surface area contributed by atoms with Gasteiger partial charge in [0.1, 0.15) is 24.6 Å². The van der Waals surface area contributed by atoms with Crippen molar-refractivity contribution in [2.75, 3.05) is 0 Å². The van der Waals surface area contributed by atoms with Crippen LogP contribution in [-0.4, -0.2) is 41.6 Å². The molecule has 2 rings (SSSR count). The van der Waals surface area contributed by atoms with Crippen molar-refractivity contribution < 1.29 is 29.0 Å². The first-order valence-electron chi connectivity index (χ1n) is 7.82. The summed E-state index contributed by atoms with van der Waals surface area (Å²) in [7, 11) is 0. The van der Waals surface area contributed by atoms with Crippen molar-refractivity contribution in [3.8, 4) is 0 Å². The van der Waals surface area contributed by atoms with Crippen LogP contribution < -0.4 is 0 Å². The molecule has 6 heteroatoms. The largest absolute Gasteiger partial charge is 0.458 e. The van der Waals surface area contributed by atoms with Gasteiger partial charge in [-0.1, -0.05) is 32.7 Å². The second kappa shape index (κ2) is 6.44. The zero-order valence-electron chi connectivity index (χ0n) is 14.4. The Kier molecular flexibility index (Phi) is 4.86. The summed E-state index contributed by atoms with van der Waals surface area (Å²) < 4.78 is 10.8. The van der Waals surface area contributed by atoms with Crippen molar-refractivity contribution in [1.82, 2.24) is 0 Å². The van der Waals surface area contributed by atoms with Crippen molar-refractivity contribution in [2.24, 2.45) is 17.3 Å². The number of hydrogen-bond acceptors (Lipinski definition) is 6. The van der Waals surface area contributed by atoms with Crippen molar-refractivity contribution in [3.05, 3.63) is 49.1 Å². The van der Waals surface area contributed by atoms with Gasteiger partial charge >= 0.3 is 11.9 Å². The molecule has 0 spiro atoms. The lowest BCUT2D eigenvalue weighted by Crippen LogP contribution is -2.60. The molecule has 0 amide bonds. The van der Waals surface area contributed by atoms with E-state index < -0.39 is 47.5 Å². The lowest BCUT2D eigenvalue weighted by molar-refractivity contribution is -0.182. The van der Waals surface area contributed by atoms with E-state index in [1.54, 1.807) is 6.92 Å². The first-order chi connectivity index (χ1) is 11.6. The molecule has 6 atom stereocenters. The predicted octanol–water partition coefficient (Wildman–Crippen LogP) is 1.51. The molecule has 6 nitrogen and oxygen atoms in total. The number of esters is 2. The highest BCUT2D eigenvalue weighted by Crippen LogP contribution is 2.53. The predicted molar refractivity (Wildman–Crippen MR) is 90.2 cm³/mol. The van der Waals surface area contributed by atoms with Gasteiger partial charge < -0.3 is 14.6 Å². The molecule has 0 aromatic rings. The van der Waals surface area contributed by atoms with Crippen LogP contribution in [0.4, 0.5) is 0 Å². The minimum atomic E-state index is -1.17. The van der Waals surface area contributed by atoms with Gasteiger partial charge in [0.25, 0.3) is 0 Å². The van der Waals surface area contributed by atoms with Crippen LogP contribution in [-0.2, 0) is 23.9 Å². The smallest absolute Gasteiger partial charge is 0.334 e. The average Bonchev–Trinajstić information content (AvgIpc) is 2.87. The standard InChI is InChI=1S/C19H22O6/c1-7-19(6)13(10(4)8-20)14(24-17(22)9(2)3)12-11(5)18(23)25-15(12)16(19)21/h7-8,12-16,21H,1-2,4-5H2,3,6H3/t12-,13-,14-,15-,16-,19+/m1/s1. The summed E-state index contributed by atoms with van der Waals surface area (Å²) in [4.78, 5) is 35.6. The quantitative estimate of drug-likeness (QED) is 0.351. The van der Waals surface area contributed by atoms with E-state index in [4.69, 9.17) is 9.47 Å². The Balaban J connectivity index is 2.62. The van der Waals surface area contributed by atoms with Gasteiger partial charge in [-0.05, 0) is 12.5 Å². The molecule has 1 saturated carbocycles. The van der Waals surface area contributed by atoms with Crippen LogP contribution in [0, 0.1) is 17.3 Å². The molecule has 134 valence electrons. The second-order valence-corrected chi connectivity index (χ2v) is 6.76. The number of carbonyl (C=O) groups is 3. The maximum Gasteiger partial charge on any atom is 0.334 e. The number of aldehydes is 1. The van der Waals surface area contributed by atoms with E-state index in [2.05, 4.69) is 26.3 Å². The normalized spacial score (nSPS) is 36.8. The SMILES string of the molecule is C=C[C@]1(C)[C@H](O)[C@@H]2OC(=O)C(=C)[C@@H]2[C@@H](OC(=O)C(=C)C)[C@H]1C(=C)C=O. The van der Waals surface area contributed by atoms with Crippen molar-refractivity contribution >= 4 is 18.2 Å². The summed E-state index contributed by atoms with van der Waals surface area (Å²) in [6.45, 7) is 17.9. The first-order valence-corrected chi connectivity index (χ1v) is 7.82. The highest BCUT2D eigenvalue weighted by molar-refractivity contribution is 5.92. The van der Waals surface area contributed by atoms with Gasteiger partial charge in [0, 0.05) is 22.5 Å². The topological polar surface area (TPSA) is 89.9 Å². The maximum absolute atomic E-state index is 12.1. The molecule has 2 aliphatic rings. The zero-order valence-corrected chi connectivity index (χ0v) is 14.4. The fourth-order valence-corrected chi connectivity index (χ4v) is 3.65. The van der Waals surface area contributed by atoms with Crippen LogP contribution in [0.5, 0.6) is 0 Å². The monoisotopic (exact) mass is 346 g/mol. The van der Waals surface area contributed by atoms with Crippen molar-refractivity contribution in [3.63, 3.8) is 0 Å². The van der Waals surface area contributed by atoms with Crippen LogP contribution in [0.25, 0.3) is 0 Å². The molecular formula is C19H22O6. The van der Waals surface area contributed by atoms with E-state index in [0.29, 0.717) is 6.29 Å². The van der Waals surface area contributed by atoms with E-state index in [9.17, 15) is 19.5 Å².